The summed E-state index contributed by atoms with van der Waals surface area (Å²) < 4.78 is 11.7. The van der Waals surface area contributed by atoms with E-state index in [2.05, 4.69) is 0 Å². The molecule has 6 atom stereocenters. The van der Waals surface area contributed by atoms with Crippen LogP contribution < -0.4 is 4.74 Å². The number of fused-ring (bicyclic) bond motifs is 3. The van der Waals surface area contributed by atoms with Crippen LogP contribution in [0.15, 0.2) is 24.3 Å². The number of ether oxygens (including phenoxy) is 2. The molecular formula is C16H20O6. The first-order valence-corrected chi connectivity index (χ1v) is 7.65. The van der Waals surface area contributed by atoms with Gasteiger partial charge in [0.25, 0.3) is 0 Å². The number of aliphatic hydroxyl groups excluding tert-OH is 3. The van der Waals surface area contributed by atoms with Crippen molar-refractivity contribution in [1.29, 1.82) is 0 Å². The van der Waals surface area contributed by atoms with Crippen molar-refractivity contribution in [3.63, 3.8) is 0 Å². The number of aryl methyl sites for hydroxylation is 1. The Labute approximate surface area is 127 Å². The molecule has 1 saturated heterocycles. The van der Waals surface area contributed by atoms with E-state index in [9.17, 15) is 20.4 Å². The second-order valence-corrected chi connectivity index (χ2v) is 6.57. The Hall–Kier alpha value is -1.18. The molecule has 6 unspecified atom stereocenters. The maximum atomic E-state index is 10.6. The molecule has 4 N–H and O–H groups in total. The summed E-state index contributed by atoms with van der Waals surface area (Å²) >= 11 is 0. The molecule has 22 heavy (non-hydrogen) atoms. The van der Waals surface area contributed by atoms with Gasteiger partial charge in [-0.2, -0.15) is 0 Å². The molecule has 1 aliphatic carbocycles. The molecule has 0 aromatic heterocycles. The minimum absolute atomic E-state index is 0.0825. The van der Waals surface area contributed by atoms with E-state index >= 15 is 0 Å². The maximum Gasteiger partial charge on any atom is 0.224 e. The molecule has 1 spiro atoms. The zero-order chi connectivity index (χ0) is 15.5. The van der Waals surface area contributed by atoms with Gasteiger partial charge in [0.05, 0.1) is 12.2 Å². The van der Waals surface area contributed by atoms with Gasteiger partial charge < -0.3 is 29.9 Å². The van der Waals surface area contributed by atoms with E-state index in [1.54, 1.807) is 0 Å². The fraction of sp³-hybridized carbons (Fsp3) is 0.625. The first kappa shape index (κ1) is 14.4. The predicted octanol–water partition coefficient (Wildman–Crippen LogP) is -0.223. The third-order valence-electron chi connectivity index (χ3n) is 5.27. The Morgan fingerprint density at radius 1 is 1.18 bits per heavy atom. The van der Waals surface area contributed by atoms with Crippen LogP contribution in [0.25, 0.3) is 0 Å². The van der Waals surface area contributed by atoms with Gasteiger partial charge in [-0.25, -0.2) is 0 Å². The van der Waals surface area contributed by atoms with Crippen molar-refractivity contribution >= 4 is 0 Å². The minimum Gasteiger partial charge on any atom is -0.461 e. The topological polar surface area (TPSA) is 99.4 Å². The number of hydrogen-bond acceptors (Lipinski definition) is 6. The van der Waals surface area contributed by atoms with Crippen LogP contribution in [0.2, 0.25) is 0 Å². The van der Waals surface area contributed by atoms with E-state index in [0.717, 1.165) is 12.0 Å². The first-order chi connectivity index (χ1) is 10.5. The van der Waals surface area contributed by atoms with Crippen LogP contribution in [-0.4, -0.2) is 50.8 Å². The lowest BCUT2D eigenvalue weighted by atomic mass is 9.64. The second kappa shape index (κ2) is 4.66. The summed E-state index contributed by atoms with van der Waals surface area (Å²) in [4.78, 5) is 0. The highest BCUT2D eigenvalue weighted by atomic mass is 16.8. The smallest absolute Gasteiger partial charge is 0.224 e. The minimum atomic E-state index is -1.56. The van der Waals surface area contributed by atoms with E-state index in [-0.39, 0.29) is 13.0 Å². The first-order valence-electron chi connectivity index (χ1n) is 7.65. The Morgan fingerprint density at radius 2 is 1.95 bits per heavy atom. The monoisotopic (exact) mass is 308 g/mol. The van der Waals surface area contributed by atoms with Crippen LogP contribution in [0.5, 0.6) is 5.75 Å². The molecular weight excluding hydrogens is 288 g/mol. The molecule has 0 radical (unpaired) electrons. The van der Waals surface area contributed by atoms with Crippen LogP contribution in [0, 0.1) is 11.8 Å². The molecule has 0 bridgehead atoms. The van der Waals surface area contributed by atoms with E-state index in [1.165, 1.54) is 0 Å². The number of aliphatic hydroxyl groups is 4. The van der Waals surface area contributed by atoms with Gasteiger partial charge in [-0.1, -0.05) is 18.2 Å². The molecule has 6 heteroatoms. The van der Waals surface area contributed by atoms with Gasteiger partial charge in [0.1, 0.15) is 11.7 Å². The van der Waals surface area contributed by atoms with Crippen molar-refractivity contribution in [3.8, 4) is 5.75 Å². The zero-order valence-electron chi connectivity index (χ0n) is 12.1. The lowest BCUT2D eigenvalue weighted by molar-refractivity contribution is -0.501. The van der Waals surface area contributed by atoms with Crippen LogP contribution in [0.4, 0.5) is 0 Å². The molecule has 1 saturated carbocycles. The molecule has 1 aromatic rings. The standard InChI is InChI=1S/C16H20O6/c17-8-10-7-15(20)14(13(19)12(10)18)16(22-15)6-5-9-3-1-2-4-11(9)21-16/h1-4,10,12-14,17-20H,5-8H2. The highest BCUT2D eigenvalue weighted by Crippen LogP contribution is 2.58. The van der Waals surface area contributed by atoms with Crippen molar-refractivity contribution in [3.05, 3.63) is 29.8 Å². The number of rotatable bonds is 1. The third-order valence-corrected chi connectivity index (χ3v) is 5.27. The highest BCUT2D eigenvalue weighted by Gasteiger charge is 2.73. The van der Waals surface area contributed by atoms with Gasteiger partial charge in [0, 0.05) is 25.4 Å². The molecule has 2 aliphatic heterocycles. The zero-order valence-corrected chi connectivity index (χ0v) is 12.1. The SMILES string of the molecule is OCC1CC2(O)OC3(CCc4ccccc4O3)C2C(O)C1O. The Morgan fingerprint density at radius 3 is 2.73 bits per heavy atom. The van der Waals surface area contributed by atoms with Crippen LogP contribution >= 0.6 is 0 Å². The van der Waals surface area contributed by atoms with Crippen molar-refractivity contribution in [2.24, 2.45) is 11.8 Å². The largest absolute Gasteiger partial charge is 0.461 e. The maximum absolute atomic E-state index is 10.6. The second-order valence-electron chi connectivity index (χ2n) is 6.57. The quantitative estimate of drug-likeness (QED) is 0.572. The van der Waals surface area contributed by atoms with E-state index in [1.807, 2.05) is 24.3 Å². The van der Waals surface area contributed by atoms with Gasteiger partial charge in [-0.15, -0.1) is 0 Å². The average molecular weight is 308 g/mol. The van der Waals surface area contributed by atoms with E-state index < -0.39 is 35.6 Å². The number of para-hydroxylation sites is 1. The van der Waals surface area contributed by atoms with Gasteiger partial charge in [0.15, 0.2) is 5.79 Å². The molecule has 2 fully saturated rings. The average Bonchev–Trinajstić information content (AvgIpc) is 2.50. The lowest BCUT2D eigenvalue weighted by Crippen LogP contribution is -2.79. The van der Waals surface area contributed by atoms with Crippen molar-refractivity contribution < 1.29 is 29.9 Å². The summed E-state index contributed by atoms with van der Waals surface area (Å²) in [6.45, 7) is -0.312. The lowest BCUT2D eigenvalue weighted by Gasteiger charge is -2.64. The summed E-state index contributed by atoms with van der Waals surface area (Å²) in [5.41, 5.74) is 1.06. The molecule has 3 aliphatic rings. The Bertz CT molecular complexity index is 592. The third kappa shape index (κ3) is 1.79. The molecule has 1 aromatic carbocycles. The van der Waals surface area contributed by atoms with E-state index in [4.69, 9.17) is 9.47 Å². The predicted molar refractivity (Wildman–Crippen MR) is 74.9 cm³/mol. The molecule has 120 valence electrons. The van der Waals surface area contributed by atoms with E-state index in [0.29, 0.717) is 12.2 Å². The highest BCUT2D eigenvalue weighted by molar-refractivity contribution is 5.36. The van der Waals surface area contributed by atoms with Crippen LogP contribution in [-0.2, 0) is 11.2 Å². The normalized spacial score (nSPS) is 46.4. The summed E-state index contributed by atoms with van der Waals surface area (Å²) in [7, 11) is 0. The Balaban J connectivity index is 1.65. The summed E-state index contributed by atoms with van der Waals surface area (Å²) in [5, 5.41) is 40.5. The molecule has 4 rings (SSSR count). The number of benzene rings is 1. The van der Waals surface area contributed by atoms with Crippen LogP contribution in [0.1, 0.15) is 18.4 Å². The molecule has 6 nitrogen and oxygen atoms in total. The Kier molecular flexibility index (Phi) is 3.05. The van der Waals surface area contributed by atoms with Gasteiger partial charge in [0.2, 0.25) is 5.79 Å². The summed E-state index contributed by atoms with van der Waals surface area (Å²) in [6, 6.07) is 7.60. The van der Waals surface area contributed by atoms with Gasteiger partial charge in [-0.05, 0) is 18.1 Å². The molecule has 2 heterocycles. The fourth-order valence-electron chi connectivity index (χ4n) is 4.20. The van der Waals surface area contributed by atoms with Crippen molar-refractivity contribution in [2.75, 3.05) is 6.61 Å². The van der Waals surface area contributed by atoms with Crippen molar-refractivity contribution in [1.82, 2.24) is 0 Å². The summed E-state index contributed by atoms with van der Waals surface area (Å²) in [6.07, 6.45) is -0.995. The van der Waals surface area contributed by atoms with Crippen LogP contribution in [0.3, 0.4) is 0 Å². The van der Waals surface area contributed by atoms with Crippen molar-refractivity contribution in [2.45, 2.75) is 43.0 Å². The van der Waals surface area contributed by atoms with Gasteiger partial charge in [-0.3, -0.25) is 0 Å². The van der Waals surface area contributed by atoms with Gasteiger partial charge >= 0.3 is 0 Å². The summed E-state index contributed by atoms with van der Waals surface area (Å²) in [5.74, 6) is -3.32. The fourth-order valence-corrected chi connectivity index (χ4v) is 4.20. The molecule has 0 amide bonds. The number of hydrogen-bond donors (Lipinski definition) is 4.